The van der Waals surface area contributed by atoms with Crippen molar-refractivity contribution in [2.45, 2.75) is 33.6 Å². The smallest absolute Gasteiger partial charge is 0.00262 e. The fourth-order valence-electron chi connectivity index (χ4n) is 1.07. The Morgan fingerprint density at radius 1 is 1.10 bits per heavy atom. The standard InChI is InChI=1S/C9H21N/c1-8(2)5-6-9(3)7-10-4/h8-10H,5-7H2,1-4H3/t9-/m1/s1. The lowest BCUT2D eigenvalue weighted by Crippen LogP contribution is -2.16. The molecule has 0 aliphatic rings. The van der Waals surface area contributed by atoms with Gasteiger partial charge in [-0.05, 0) is 31.8 Å². The maximum Gasteiger partial charge on any atom is -0.00262 e. The lowest BCUT2D eigenvalue weighted by molar-refractivity contribution is 0.438. The third-order valence-corrected chi connectivity index (χ3v) is 1.79. The van der Waals surface area contributed by atoms with Gasteiger partial charge in [-0.25, -0.2) is 0 Å². The normalized spacial score (nSPS) is 14.1. The predicted molar refractivity (Wildman–Crippen MR) is 47.2 cm³/mol. The number of rotatable bonds is 5. The average Bonchev–Trinajstić information content (AvgIpc) is 1.85. The van der Waals surface area contributed by atoms with Crippen LogP contribution in [-0.2, 0) is 0 Å². The Kier molecular flexibility index (Phi) is 5.70. The van der Waals surface area contributed by atoms with Crippen molar-refractivity contribution >= 4 is 0 Å². The van der Waals surface area contributed by atoms with Crippen LogP contribution in [0.25, 0.3) is 0 Å². The molecule has 1 heteroatoms. The summed E-state index contributed by atoms with van der Waals surface area (Å²) in [5.41, 5.74) is 0. The van der Waals surface area contributed by atoms with Crippen LogP contribution >= 0.6 is 0 Å². The Bertz CT molecular complexity index is 69.1. The van der Waals surface area contributed by atoms with Gasteiger partial charge in [0.05, 0.1) is 0 Å². The summed E-state index contributed by atoms with van der Waals surface area (Å²) in [4.78, 5) is 0. The molecule has 0 bridgehead atoms. The molecule has 0 heterocycles. The molecule has 0 fully saturated rings. The van der Waals surface area contributed by atoms with Crippen LogP contribution in [0.1, 0.15) is 33.6 Å². The first-order chi connectivity index (χ1) is 4.66. The van der Waals surface area contributed by atoms with Crippen molar-refractivity contribution in [1.29, 1.82) is 0 Å². The van der Waals surface area contributed by atoms with Crippen molar-refractivity contribution < 1.29 is 0 Å². The summed E-state index contributed by atoms with van der Waals surface area (Å²) in [7, 11) is 2.02. The molecule has 0 aromatic heterocycles. The molecule has 1 N–H and O–H groups in total. The van der Waals surface area contributed by atoms with Crippen molar-refractivity contribution in [1.82, 2.24) is 5.32 Å². The van der Waals surface area contributed by atoms with Crippen LogP contribution in [0.2, 0.25) is 0 Å². The Labute approximate surface area is 65.2 Å². The fraction of sp³-hybridized carbons (Fsp3) is 1.00. The summed E-state index contributed by atoms with van der Waals surface area (Å²) >= 11 is 0. The number of hydrogen-bond acceptors (Lipinski definition) is 1. The van der Waals surface area contributed by atoms with Gasteiger partial charge in [-0.2, -0.15) is 0 Å². The van der Waals surface area contributed by atoms with Crippen LogP contribution in [0.3, 0.4) is 0 Å². The van der Waals surface area contributed by atoms with E-state index in [9.17, 15) is 0 Å². The predicted octanol–water partition coefficient (Wildman–Crippen LogP) is 2.28. The van der Waals surface area contributed by atoms with E-state index in [-0.39, 0.29) is 0 Å². The van der Waals surface area contributed by atoms with Gasteiger partial charge in [0.1, 0.15) is 0 Å². The van der Waals surface area contributed by atoms with Crippen molar-refractivity contribution in [3.05, 3.63) is 0 Å². The van der Waals surface area contributed by atoms with Gasteiger partial charge < -0.3 is 5.32 Å². The lowest BCUT2D eigenvalue weighted by atomic mass is 9.99. The summed E-state index contributed by atoms with van der Waals surface area (Å²) in [6, 6.07) is 0. The van der Waals surface area contributed by atoms with Gasteiger partial charge in [0.15, 0.2) is 0 Å². The summed E-state index contributed by atoms with van der Waals surface area (Å²) < 4.78 is 0. The maximum atomic E-state index is 3.19. The molecule has 0 aromatic carbocycles. The molecule has 0 unspecified atom stereocenters. The molecule has 62 valence electrons. The van der Waals surface area contributed by atoms with Gasteiger partial charge in [-0.3, -0.25) is 0 Å². The molecule has 0 rings (SSSR count). The van der Waals surface area contributed by atoms with Gasteiger partial charge in [0.2, 0.25) is 0 Å². The molecule has 0 aromatic rings. The second-order valence-electron chi connectivity index (χ2n) is 3.63. The van der Waals surface area contributed by atoms with Gasteiger partial charge in [0, 0.05) is 0 Å². The molecule has 0 radical (unpaired) electrons. The van der Waals surface area contributed by atoms with Crippen LogP contribution < -0.4 is 5.32 Å². The molecular formula is C9H21N. The number of hydrogen-bond donors (Lipinski definition) is 1. The molecule has 0 aliphatic heterocycles. The van der Waals surface area contributed by atoms with E-state index >= 15 is 0 Å². The fourth-order valence-corrected chi connectivity index (χ4v) is 1.07. The minimum atomic E-state index is 0.840. The number of nitrogens with one attached hydrogen (secondary N) is 1. The molecule has 0 amide bonds. The van der Waals surface area contributed by atoms with Crippen LogP contribution in [0.5, 0.6) is 0 Å². The lowest BCUT2D eigenvalue weighted by Gasteiger charge is -2.11. The molecule has 0 saturated heterocycles. The minimum Gasteiger partial charge on any atom is -0.319 e. The zero-order chi connectivity index (χ0) is 7.98. The molecule has 1 nitrogen and oxygen atoms in total. The van der Waals surface area contributed by atoms with Crippen LogP contribution in [-0.4, -0.2) is 13.6 Å². The van der Waals surface area contributed by atoms with Crippen molar-refractivity contribution in [2.75, 3.05) is 13.6 Å². The Balaban J connectivity index is 3.12. The van der Waals surface area contributed by atoms with E-state index in [0.29, 0.717) is 0 Å². The highest BCUT2D eigenvalue weighted by molar-refractivity contribution is 4.56. The van der Waals surface area contributed by atoms with Crippen molar-refractivity contribution in [3.63, 3.8) is 0 Å². The van der Waals surface area contributed by atoms with E-state index in [0.717, 1.165) is 18.4 Å². The average molecular weight is 143 g/mol. The highest BCUT2D eigenvalue weighted by Crippen LogP contribution is 2.10. The van der Waals surface area contributed by atoms with E-state index < -0.39 is 0 Å². The molecular weight excluding hydrogens is 122 g/mol. The van der Waals surface area contributed by atoms with Crippen molar-refractivity contribution in [2.24, 2.45) is 11.8 Å². The van der Waals surface area contributed by atoms with Crippen LogP contribution in [0.4, 0.5) is 0 Å². The molecule has 0 spiro atoms. The van der Waals surface area contributed by atoms with Gasteiger partial charge in [-0.1, -0.05) is 27.2 Å². The molecule has 0 saturated carbocycles. The third kappa shape index (κ3) is 6.09. The highest BCUT2D eigenvalue weighted by Gasteiger charge is 2.01. The second kappa shape index (κ2) is 5.72. The SMILES string of the molecule is CNC[C@H](C)CCC(C)C. The Morgan fingerprint density at radius 2 is 1.70 bits per heavy atom. The largest absolute Gasteiger partial charge is 0.319 e. The first-order valence-electron chi connectivity index (χ1n) is 4.31. The van der Waals surface area contributed by atoms with E-state index in [4.69, 9.17) is 0 Å². The summed E-state index contributed by atoms with van der Waals surface area (Å²) in [5.74, 6) is 1.70. The zero-order valence-electron chi connectivity index (χ0n) is 7.78. The summed E-state index contributed by atoms with van der Waals surface area (Å²) in [5, 5.41) is 3.19. The van der Waals surface area contributed by atoms with Gasteiger partial charge >= 0.3 is 0 Å². The molecule has 10 heavy (non-hydrogen) atoms. The maximum absolute atomic E-state index is 3.19. The van der Waals surface area contributed by atoms with E-state index in [2.05, 4.69) is 26.1 Å². The second-order valence-corrected chi connectivity index (χ2v) is 3.63. The quantitative estimate of drug-likeness (QED) is 0.622. The Hall–Kier alpha value is -0.0400. The summed E-state index contributed by atoms with van der Waals surface area (Å²) in [6.45, 7) is 8.03. The Morgan fingerprint density at radius 3 is 2.10 bits per heavy atom. The van der Waals surface area contributed by atoms with Gasteiger partial charge in [0.25, 0.3) is 0 Å². The van der Waals surface area contributed by atoms with Crippen molar-refractivity contribution in [3.8, 4) is 0 Å². The first kappa shape index (κ1) is 9.96. The minimum absolute atomic E-state index is 0.840. The molecule has 1 atom stereocenters. The van der Waals surface area contributed by atoms with Crippen LogP contribution in [0, 0.1) is 11.8 Å². The summed E-state index contributed by atoms with van der Waals surface area (Å²) in [6.07, 6.45) is 2.72. The third-order valence-electron chi connectivity index (χ3n) is 1.79. The van der Waals surface area contributed by atoms with Gasteiger partial charge in [-0.15, -0.1) is 0 Å². The van der Waals surface area contributed by atoms with Crippen LogP contribution in [0.15, 0.2) is 0 Å². The highest BCUT2D eigenvalue weighted by atomic mass is 14.8. The van der Waals surface area contributed by atoms with E-state index in [1.807, 2.05) is 7.05 Å². The first-order valence-corrected chi connectivity index (χ1v) is 4.31. The van der Waals surface area contributed by atoms with E-state index in [1.54, 1.807) is 0 Å². The van der Waals surface area contributed by atoms with E-state index in [1.165, 1.54) is 12.8 Å². The zero-order valence-corrected chi connectivity index (χ0v) is 7.78. The molecule has 0 aliphatic carbocycles. The monoisotopic (exact) mass is 143 g/mol. The topological polar surface area (TPSA) is 12.0 Å².